The molecule has 4 nitrogen and oxygen atoms in total. The standard InChI is InChI=1S/C16H22N2O2/c19-15-3-1-2-13(9-15)8-14-11-20-16(18-14)10-12-4-6-17-7-5-12/h1-3,9,12,14,17,19H,4-8,10-11H2. The Hall–Kier alpha value is -1.55. The second-order valence-corrected chi connectivity index (χ2v) is 5.76. The molecule has 1 aromatic carbocycles. The molecule has 0 spiro atoms. The SMILES string of the molecule is Oc1cccc(CC2COC(CC3CCNCC3)=N2)c1. The van der Waals surface area contributed by atoms with E-state index in [2.05, 4.69) is 5.32 Å². The molecule has 20 heavy (non-hydrogen) atoms. The highest BCUT2D eigenvalue weighted by Crippen LogP contribution is 2.21. The molecule has 1 fully saturated rings. The molecular formula is C16H22N2O2. The van der Waals surface area contributed by atoms with Gasteiger partial charge in [-0.3, -0.25) is 0 Å². The summed E-state index contributed by atoms with van der Waals surface area (Å²) < 4.78 is 5.74. The van der Waals surface area contributed by atoms with Crippen LogP contribution in [0.3, 0.4) is 0 Å². The van der Waals surface area contributed by atoms with Crippen molar-refractivity contribution in [1.29, 1.82) is 0 Å². The molecule has 0 bridgehead atoms. The minimum Gasteiger partial charge on any atom is -0.508 e. The van der Waals surface area contributed by atoms with Crippen molar-refractivity contribution in [2.75, 3.05) is 19.7 Å². The number of phenolic OH excluding ortho intramolecular Hbond substituents is 1. The van der Waals surface area contributed by atoms with Crippen LogP contribution in [0.1, 0.15) is 24.8 Å². The van der Waals surface area contributed by atoms with Gasteiger partial charge in [-0.25, -0.2) is 4.99 Å². The van der Waals surface area contributed by atoms with Gasteiger partial charge in [0.25, 0.3) is 0 Å². The monoisotopic (exact) mass is 274 g/mol. The van der Waals surface area contributed by atoms with Gasteiger partial charge in [0.15, 0.2) is 5.90 Å². The van der Waals surface area contributed by atoms with Crippen molar-refractivity contribution in [1.82, 2.24) is 5.32 Å². The minimum absolute atomic E-state index is 0.202. The first-order valence-corrected chi connectivity index (χ1v) is 7.48. The number of aliphatic imine (C=N–C) groups is 1. The van der Waals surface area contributed by atoms with Crippen molar-refractivity contribution < 1.29 is 9.84 Å². The molecule has 0 aliphatic carbocycles. The van der Waals surface area contributed by atoms with Crippen LogP contribution in [0.25, 0.3) is 0 Å². The highest BCUT2D eigenvalue weighted by atomic mass is 16.5. The number of rotatable bonds is 4. The molecule has 4 heteroatoms. The summed E-state index contributed by atoms with van der Waals surface area (Å²) in [5.74, 6) is 1.97. The van der Waals surface area contributed by atoms with Gasteiger partial charge in [0.1, 0.15) is 12.4 Å². The number of hydrogen-bond acceptors (Lipinski definition) is 4. The van der Waals surface area contributed by atoms with E-state index < -0.39 is 0 Å². The van der Waals surface area contributed by atoms with Gasteiger partial charge in [-0.15, -0.1) is 0 Å². The Morgan fingerprint density at radius 3 is 2.90 bits per heavy atom. The molecule has 1 saturated heterocycles. The van der Waals surface area contributed by atoms with Crippen molar-refractivity contribution in [2.45, 2.75) is 31.7 Å². The first kappa shape index (κ1) is 13.4. The van der Waals surface area contributed by atoms with E-state index in [1.165, 1.54) is 12.8 Å². The van der Waals surface area contributed by atoms with Gasteiger partial charge >= 0.3 is 0 Å². The van der Waals surface area contributed by atoms with Crippen molar-refractivity contribution in [3.63, 3.8) is 0 Å². The average Bonchev–Trinajstić information content (AvgIpc) is 2.87. The summed E-state index contributed by atoms with van der Waals surface area (Å²) in [6, 6.07) is 7.61. The van der Waals surface area contributed by atoms with Crippen LogP contribution >= 0.6 is 0 Å². The Morgan fingerprint density at radius 1 is 1.25 bits per heavy atom. The van der Waals surface area contributed by atoms with Crippen LogP contribution < -0.4 is 5.32 Å². The fraction of sp³-hybridized carbons (Fsp3) is 0.562. The number of hydrogen-bond donors (Lipinski definition) is 2. The maximum Gasteiger partial charge on any atom is 0.183 e. The molecule has 0 amide bonds. The van der Waals surface area contributed by atoms with Crippen LogP contribution in [0.2, 0.25) is 0 Å². The third-order valence-corrected chi connectivity index (χ3v) is 4.07. The Kier molecular flexibility index (Phi) is 4.21. The Balaban J connectivity index is 1.54. The van der Waals surface area contributed by atoms with E-state index >= 15 is 0 Å². The highest BCUT2D eigenvalue weighted by molar-refractivity contribution is 5.78. The van der Waals surface area contributed by atoms with Crippen molar-refractivity contribution >= 4 is 5.90 Å². The van der Waals surface area contributed by atoms with E-state index in [-0.39, 0.29) is 6.04 Å². The average molecular weight is 274 g/mol. The number of benzene rings is 1. The molecule has 0 saturated carbocycles. The molecule has 2 heterocycles. The molecule has 3 rings (SSSR count). The van der Waals surface area contributed by atoms with Crippen LogP contribution in [0.4, 0.5) is 0 Å². The lowest BCUT2D eigenvalue weighted by atomic mass is 9.95. The predicted molar refractivity (Wildman–Crippen MR) is 79.2 cm³/mol. The summed E-state index contributed by atoms with van der Waals surface area (Å²) in [7, 11) is 0. The quantitative estimate of drug-likeness (QED) is 0.884. The number of ether oxygens (including phenoxy) is 1. The van der Waals surface area contributed by atoms with Crippen LogP contribution in [0.15, 0.2) is 29.3 Å². The van der Waals surface area contributed by atoms with Gasteiger partial charge in [-0.1, -0.05) is 12.1 Å². The van der Waals surface area contributed by atoms with Crippen LogP contribution in [-0.2, 0) is 11.2 Å². The van der Waals surface area contributed by atoms with Gasteiger partial charge in [-0.2, -0.15) is 0 Å². The van der Waals surface area contributed by atoms with E-state index in [4.69, 9.17) is 9.73 Å². The lowest BCUT2D eigenvalue weighted by Crippen LogP contribution is -2.28. The Bertz CT molecular complexity index is 481. The van der Waals surface area contributed by atoms with E-state index in [9.17, 15) is 5.11 Å². The maximum atomic E-state index is 9.48. The van der Waals surface area contributed by atoms with Crippen molar-refractivity contribution in [2.24, 2.45) is 10.9 Å². The molecule has 108 valence electrons. The summed E-state index contributed by atoms with van der Waals surface area (Å²) in [4.78, 5) is 4.70. The van der Waals surface area contributed by atoms with Gasteiger partial charge in [0.2, 0.25) is 0 Å². The first-order valence-electron chi connectivity index (χ1n) is 7.48. The molecular weight excluding hydrogens is 252 g/mol. The number of nitrogens with one attached hydrogen (secondary N) is 1. The summed E-state index contributed by atoms with van der Waals surface area (Å²) in [6.07, 6.45) is 4.27. The van der Waals surface area contributed by atoms with Gasteiger partial charge in [0, 0.05) is 6.42 Å². The van der Waals surface area contributed by atoms with Gasteiger partial charge in [-0.05, 0) is 56.0 Å². The molecule has 2 N–H and O–H groups in total. The summed E-state index contributed by atoms with van der Waals surface area (Å²) >= 11 is 0. The van der Waals surface area contributed by atoms with E-state index in [0.29, 0.717) is 12.4 Å². The largest absolute Gasteiger partial charge is 0.508 e. The van der Waals surface area contributed by atoms with Crippen molar-refractivity contribution in [3.05, 3.63) is 29.8 Å². The van der Waals surface area contributed by atoms with Crippen LogP contribution in [0, 0.1) is 5.92 Å². The number of nitrogens with zero attached hydrogens (tertiary/aromatic N) is 1. The van der Waals surface area contributed by atoms with Crippen LogP contribution in [-0.4, -0.2) is 36.7 Å². The molecule has 2 aliphatic heterocycles. The summed E-state index contributed by atoms with van der Waals surface area (Å²) in [5.41, 5.74) is 1.12. The molecule has 0 aromatic heterocycles. The fourth-order valence-electron chi connectivity index (χ4n) is 2.98. The third kappa shape index (κ3) is 3.51. The van der Waals surface area contributed by atoms with Gasteiger partial charge in [0.05, 0.1) is 6.04 Å². The van der Waals surface area contributed by atoms with Gasteiger partial charge < -0.3 is 15.2 Å². The zero-order valence-electron chi connectivity index (χ0n) is 11.7. The number of aromatic hydroxyl groups is 1. The normalized spacial score (nSPS) is 23.4. The highest BCUT2D eigenvalue weighted by Gasteiger charge is 2.23. The van der Waals surface area contributed by atoms with E-state index in [1.54, 1.807) is 12.1 Å². The summed E-state index contributed by atoms with van der Waals surface area (Å²) in [6.45, 7) is 2.91. The minimum atomic E-state index is 0.202. The van der Waals surface area contributed by atoms with E-state index in [1.807, 2.05) is 12.1 Å². The van der Waals surface area contributed by atoms with E-state index in [0.717, 1.165) is 43.3 Å². The number of phenols is 1. The molecule has 1 aromatic rings. The topological polar surface area (TPSA) is 53.9 Å². The Morgan fingerprint density at radius 2 is 2.10 bits per heavy atom. The second-order valence-electron chi connectivity index (χ2n) is 5.76. The second kappa shape index (κ2) is 6.27. The van der Waals surface area contributed by atoms with Crippen molar-refractivity contribution in [3.8, 4) is 5.75 Å². The summed E-state index contributed by atoms with van der Waals surface area (Å²) in [5, 5.41) is 12.9. The lowest BCUT2D eigenvalue weighted by Gasteiger charge is -2.21. The zero-order valence-corrected chi connectivity index (χ0v) is 11.7. The Labute approximate surface area is 119 Å². The first-order chi connectivity index (χ1) is 9.79. The molecule has 2 aliphatic rings. The third-order valence-electron chi connectivity index (χ3n) is 4.07. The fourth-order valence-corrected chi connectivity index (χ4v) is 2.98. The maximum absolute atomic E-state index is 9.48. The molecule has 1 atom stereocenters. The van der Waals surface area contributed by atoms with Crippen LogP contribution in [0.5, 0.6) is 5.75 Å². The predicted octanol–water partition coefficient (Wildman–Crippen LogP) is 2.12. The lowest BCUT2D eigenvalue weighted by molar-refractivity contribution is 0.292. The molecule has 1 unspecified atom stereocenters. The smallest absolute Gasteiger partial charge is 0.183 e. The number of piperidine rings is 1. The molecule has 0 radical (unpaired) electrons. The zero-order chi connectivity index (χ0) is 13.8.